The minimum atomic E-state index is -0.893. The molecule has 1 heterocycles. The van der Waals surface area contributed by atoms with Crippen molar-refractivity contribution in [2.24, 2.45) is 5.41 Å². The molecule has 2 N–H and O–H groups in total. The molecule has 1 atom stereocenters. The van der Waals surface area contributed by atoms with Gasteiger partial charge in [-0.05, 0) is 61.1 Å². The summed E-state index contributed by atoms with van der Waals surface area (Å²) in [5.74, 6) is 0.418. The van der Waals surface area contributed by atoms with Gasteiger partial charge in [0.25, 0.3) is 0 Å². The Morgan fingerprint density at radius 3 is 2.55 bits per heavy atom. The number of fused-ring (bicyclic) bond motifs is 1. The van der Waals surface area contributed by atoms with Gasteiger partial charge in [-0.25, -0.2) is 4.79 Å². The molecule has 0 aromatic heterocycles. The van der Waals surface area contributed by atoms with Crippen LogP contribution in [0.1, 0.15) is 57.7 Å². The molecule has 8 heteroatoms. The SMILES string of the molecule is CC(C)OC(=O)N1c2cccc(O)c2NC2=C(C(=O)CC(C)(C)C2)C1c1ccc(OCc2ccccc2)cc1Cl. The molecule has 7 nitrogen and oxygen atoms in total. The number of phenolic OH excluding ortho intramolecular Hbond substituents is 1. The molecule has 3 aromatic carbocycles. The zero-order valence-corrected chi connectivity index (χ0v) is 23.8. The molecule has 5 rings (SSSR count). The average molecular weight is 561 g/mol. The van der Waals surface area contributed by atoms with Crippen molar-refractivity contribution in [3.63, 3.8) is 0 Å². The summed E-state index contributed by atoms with van der Waals surface area (Å²) in [5, 5.41) is 14.5. The van der Waals surface area contributed by atoms with Crippen LogP contribution < -0.4 is 15.0 Å². The third-order valence-electron chi connectivity index (χ3n) is 7.06. The first kappa shape index (κ1) is 27.6. The highest BCUT2D eigenvalue weighted by Crippen LogP contribution is 2.51. The number of phenols is 1. The second-order valence-corrected chi connectivity index (χ2v) is 11.7. The van der Waals surface area contributed by atoms with E-state index in [0.29, 0.717) is 58.4 Å². The third kappa shape index (κ3) is 5.52. The number of nitrogens with one attached hydrogen (secondary N) is 1. The van der Waals surface area contributed by atoms with Gasteiger partial charge in [0.2, 0.25) is 0 Å². The maximum Gasteiger partial charge on any atom is 0.415 e. The van der Waals surface area contributed by atoms with Gasteiger partial charge in [-0.2, -0.15) is 0 Å². The molecule has 0 bridgehead atoms. The molecule has 0 saturated heterocycles. The number of nitrogens with zero attached hydrogens (tertiary/aromatic N) is 1. The van der Waals surface area contributed by atoms with E-state index in [9.17, 15) is 14.7 Å². The maximum absolute atomic E-state index is 13.8. The molecule has 1 aliphatic carbocycles. The Balaban J connectivity index is 1.65. The van der Waals surface area contributed by atoms with E-state index in [1.54, 1.807) is 50.2 Å². The van der Waals surface area contributed by atoms with Crippen LogP contribution in [0.4, 0.5) is 16.2 Å². The molecule has 1 amide bonds. The number of hydrogen-bond acceptors (Lipinski definition) is 6. The summed E-state index contributed by atoms with van der Waals surface area (Å²) in [7, 11) is 0. The number of carbonyl (C=O) groups is 2. The number of anilines is 2. The number of aromatic hydroxyl groups is 1. The number of halogens is 1. The van der Waals surface area contributed by atoms with Crippen LogP contribution in [0.25, 0.3) is 0 Å². The highest BCUT2D eigenvalue weighted by atomic mass is 35.5. The summed E-state index contributed by atoms with van der Waals surface area (Å²) in [5.41, 5.74) is 3.04. The molecular weight excluding hydrogens is 528 g/mol. The second kappa shape index (κ2) is 10.9. The van der Waals surface area contributed by atoms with Gasteiger partial charge in [-0.1, -0.05) is 67.9 Å². The fourth-order valence-corrected chi connectivity index (χ4v) is 5.63. The van der Waals surface area contributed by atoms with Crippen LogP contribution in [0, 0.1) is 5.41 Å². The number of Topliss-reactive ketones (excluding diaryl/α,β-unsaturated/α-hetero) is 1. The lowest BCUT2D eigenvalue weighted by Gasteiger charge is -2.37. The first-order chi connectivity index (χ1) is 19.0. The number of benzene rings is 3. The van der Waals surface area contributed by atoms with Crippen molar-refractivity contribution in [1.29, 1.82) is 0 Å². The van der Waals surface area contributed by atoms with Crippen molar-refractivity contribution in [2.45, 2.75) is 59.3 Å². The number of para-hydroxylation sites is 1. The molecule has 0 spiro atoms. The molecule has 0 saturated carbocycles. The van der Waals surface area contributed by atoms with Gasteiger partial charge in [0, 0.05) is 22.7 Å². The smallest absolute Gasteiger partial charge is 0.415 e. The fraction of sp³-hybridized carbons (Fsp3) is 0.312. The zero-order valence-electron chi connectivity index (χ0n) is 23.0. The minimum Gasteiger partial charge on any atom is -0.506 e. The van der Waals surface area contributed by atoms with E-state index < -0.39 is 18.2 Å². The standard InChI is InChI=1S/C32H33ClN2O5/c1-19(2)40-31(38)35-25-11-8-12-26(36)29(25)34-24-16-32(3,4)17-27(37)28(24)30(35)22-14-13-21(15-23(22)33)39-18-20-9-6-5-7-10-20/h5-15,19,30,34,36H,16-18H2,1-4H3. The summed E-state index contributed by atoms with van der Waals surface area (Å²) in [6.45, 7) is 7.94. The number of allylic oxidation sites excluding steroid dienone is 1. The molecule has 3 aromatic rings. The van der Waals surface area contributed by atoms with Crippen LogP contribution in [0.3, 0.4) is 0 Å². The van der Waals surface area contributed by atoms with Crippen LogP contribution in [0.5, 0.6) is 11.5 Å². The van der Waals surface area contributed by atoms with E-state index in [1.807, 2.05) is 44.2 Å². The fourth-order valence-electron chi connectivity index (χ4n) is 5.36. The normalized spacial score (nSPS) is 18.0. The number of ketones is 1. The molecule has 1 aliphatic heterocycles. The Morgan fingerprint density at radius 2 is 1.85 bits per heavy atom. The molecule has 0 radical (unpaired) electrons. The lowest BCUT2D eigenvalue weighted by Crippen LogP contribution is -2.40. The van der Waals surface area contributed by atoms with E-state index in [0.717, 1.165) is 5.56 Å². The Hall–Kier alpha value is -3.97. The quantitative estimate of drug-likeness (QED) is 0.310. The van der Waals surface area contributed by atoms with E-state index in [4.69, 9.17) is 21.1 Å². The monoisotopic (exact) mass is 560 g/mol. The summed E-state index contributed by atoms with van der Waals surface area (Å²) in [4.78, 5) is 29.0. The predicted molar refractivity (Wildman–Crippen MR) is 156 cm³/mol. The van der Waals surface area contributed by atoms with Crippen molar-refractivity contribution >= 4 is 34.9 Å². The summed E-state index contributed by atoms with van der Waals surface area (Å²) in [6.07, 6.45) is -0.222. The van der Waals surface area contributed by atoms with Crippen LogP contribution in [-0.2, 0) is 16.1 Å². The van der Waals surface area contributed by atoms with Crippen molar-refractivity contribution in [2.75, 3.05) is 10.2 Å². The number of amides is 1. The van der Waals surface area contributed by atoms with Crippen molar-refractivity contribution in [3.8, 4) is 11.5 Å². The third-order valence-corrected chi connectivity index (χ3v) is 7.38. The van der Waals surface area contributed by atoms with Gasteiger partial charge < -0.3 is 19.9 Å². The first-order valence-corrected chi connectivity index (χ1v) is 13.7. The maximum atomic E-state index is 13.8. The topological polar surface area (TPSA) is 88.1 Å². The van der Waals surface area contributed by atoms with Crippen molar-refractivity contribution in [3.05, 3.63) is 94.1 Å². The second-order valence-electron chi connectivity index (χ2n) is 11.3. The van der Waals surface area contributed by atoms with Crippen LogP contribution in [0.15, 0.2) is 78.0 Å². The van der Waals surface area contributed by atoms with Gasteiger partial charge in [0.05, 0.1) is 17.8 Å². The van der Waals surface area contributed by atoms with Crippen LogP contribution >= 0.6 is 11.6 Å². The molecule has 0 fully saturated rings. The molecule has 2 aliphatic rings. The van der Waals surface area contributed by atoms with E-state index in [2.05, 4.69) is 5.32 Å². The van der Waals surface area contributed by atoms with Gasteiger partial charge in [-0.3, -0.25) is 9.69 Å². The first-order valence-electron chi connectivity index (χ1n) is 13.4. The molecule has 208 valence electrons. The lowest BCUT2D eigenvalue weighted by atomic mass is 9.73. The lowest BCUT2D eigenvalue weighted by molar-refractivity contribution is -0.118. The highest BCUT2D eigenvalue weighted by Gasteiger charge is 2.45. The number of carbonyl (C=O) groups excluding carboxylic acids is 2. The predicted octanol–water partition coefficient (Wildman–Crippen LogP) is 7.79. The van der Waals surface area contributed by atoms with Crippen molar-refractivity contribution in [1.82, 2.24) is 0 Å². The Labute approximate surface area is 239 Å². The number of ether oxygens (including phenoxy) is 2. The summed E-state index contributed by atoms with van der Waals surface area (Å²) >= 11 is 6.90. The van der Waals surface area contributed by atoms with Crippen LogP contribution in [0.2, 0.25) is 5.02 Å². The zero-order chi connectivity index (χ0) is 28.6. The Morgan fingerprint density at radius 1 is 1.10 bits per heavy atom. The van der Waals surface area contributed by atoms with Gasteiger partial charge in [0.15, 0.2) is 5.78 Å². The molecule has 40 heavy (non-hydrogen) atoms. The average Bonchev–Trinajstić information content (AvgIpc) is 3.02. The summed E-state index contributed by atoms with van der Waals surface area (Å²) < 4.78 is 11.7. The van der Waals surface area contributed by atoms with E-state index in [1.165, 1.54) is 4.90 Å². The number of rotatable bonds is 5. The largest absolute Gasteiger partial charge is 0.506 e. The Kier molecular flexibility index (Phi) is 7.51. The van der Waals surface area contributed by atoms with Crippen molar-refractivity contribution < 1.29 is 24.2 Å². The molecule has 1 unspecified atom stereocenters. The van der Waals surface area contributed by atoms with Gasteiger partial charge >= 0.3 is 6.09 Å². The highest BCUT2D eigenvalue weighted by molar-refractivity contribution is 6.31. The van der Waals surface area contributed by atoms with E-state index >= 15 is 0 Å². The minimum absolute atomic E-state index is 0.0427. The summed E-state index contributed by atoms with van der Waals surface area (Å²) in [6, 6.07) is 19.1. The van der Waals surface area contributed by atoms with Crippen LogP contribution in [-0.4, -0.2) is 23.1 Å². The molecular formula is C32H33ClN2O5. The number of hydrogen-bond donors (Lipinski definition) is 2. The van der Waals surface area contributed by atoms with E-state index in [-0.39, 0.29) is 16.9 Å². The Bertz CT molecular complexity index is 1480. The van der Waals surface area contributed by atoms with Gasteiger partial charge in [-0.15, -0.1) is 0 Å². The van der Waals surface area contributed by atoms with Gasteiger partial charge in [0.1, 0.15) is 23.8 Å².